The average molecular weight is 261 g/mol. The zero-order chi connectivity index (χ0) is 13.0. The minimum atomic E-state index is 0.0462. The molecule has 0 aliphatic carbocycles. The normalized spacial score (nSPS) is 12.4. The lowest BCUT2D eigenvalue weighted by Gasteiger charge is -2.20. The highest BCUT2D eigenvalue weighted by Gasteiger charge is 2.18. The van der Waals surface area contributed by atoms with Crippen molar-refractivity contribution < 1.29 is 0 Å². The van der Waals surface area contributed by atoms with Gasteiger partial charge in [0.25, 0.3) is 0 Å². The zero-order valence-corrected chi connectivity index (χ0v) is 11.4. The van der Waals surface area contributed by atoms with Gasteiger partial charge in [-0.25, -0.2) is 0 Å². The van der Waals surface area contributed by atoms with Crippen molar-refractivity contribution in [3.05, 3.63) is 64.4 Å². The second-order valence-corrected chi connectivity index (χ2v) is 4.62. The van der Waals surface area contributed by atoms with Crippen molar-refractivity contribution in [1.29, 1.82) is 0 Å². The Morgan fingerprint density at radius 2 is 2.00 bits per heavy atom. The highest BCUT2D eigenvalue weighted by atomic mass is 35.5. The van der Waals surface area contributed by atoms with Gasteiger partial charge in [0.1, 0.15) is 0 Å². The van der Waals surface area contributed by atoms with Crippen LogP contribution in [0.5, 0.6) is 0 Å². The summed E-state index contributed by atoms with van der Waals surface area (Å²) in [6.07, 6.45) is 1.78. The first-order valence-electron chi connectivity index (χ1n) is 6.13. The minimum Gasteiger partial charge on any atom is -0.305 e. The third-order valence-electron chi connectivity index (χ3n) is 2.97. The third kappa shape index (κ3) is 2.71. The maximum atomic E-state index is 6.25. The van der Waals surface area contributed by atoms with E-state index in [1.807, 2.05) is 24.3 Å². The lowest BCUT2D eigenvalue weighted by molar-refractivity contribution is 0.613. The summed E-state index contributed by atoms with van der Waals surface area (Å²) >= 11 is 6.25. The highest BCUT2D eigenvalue weighted by Crippen LogP contribution is 2.28. The summed E-state index contributed by atoms with van der Waals surface area (Å²) in [5.74, 6) is 0. The molecule has 0 saturated carbocycles. The summed E-state index contributed by atoms with van der Waals surface area (Å²) in [5, 5.41) is 4.15. The Morgan fingerprint density at radius 1 is 1.22 bits per heavy atom. The van der Waals surface area contributed by atoms with Gasteiger partial charge < -0.3 is 5.32 Å². The molecular weight excluding hydrogens is 244 g/mol. The molecule has 0 saturated heterocycles. The van der Waals surface area contributed by atoms with E-state index in [4.69, 9.17) is 11.6 Å². The fourth-order valence-electron chi connectivity index (χ4n) is 2.08. The van der Waals surface area contributed by atoms with Crippen molar-refractivity contribution in [2.45, 2.75) is 19.9 Å². The van der Waals surface area contributed by atoms with Crippen LogP contribution in [0.3, 0.4) is 0 Å². The van der Waals surface area contributed by atoms with E-state index in [2.05, 4.69) is 36.3 Å². The highest BCUT2D eigenvalue weighted by molar-refractivity contribution is 6.31. The standard InChI is InChI=1S/C15H17ClN2/c1-3-17-14(12-8-5-4-7-11(12)2)15-13(16)9-6-10-18-15/h4-10,14,17H,3H2,1-2H3. The van der Waals surface area contributed by atoms with E-state index in [1.165, 1.54) is 11.1 Å². The number of benzene rings is 1. The van der Waals surface area contributed by atoms with E-state index >= 15 is 0 Å². The Bertz CT molecular complexity index is 480. The van der Waals surface area contributed by atoms with Crippen molar-refractivity contribution >= 4 is 11.6 Å². The topological polar surface area (TPSA) is 24.9 Å². The molecule has 2 aromatic rings. The van der Waals surface area contributed by atoms with Gasteiger partial charge in [0, 0.05) is 6.20 Å². The SMILES string of the molecule is CCNC(c1ccccc1C)c1ncccc1Cl. The third-order valence-corrected chi connectivity index (χ3v) is 3.29. The van der Waals surface area contributed by atoms with Crippen LogP contribution in [0.25, 0.3) is 0 Å². The summed E-state index contributed by atoms with van der Waals surface area (Å²) in [6.45, 7) is 5.06. The van der Waals surface area contributed by atoms with Crippen LogP contribution < -0.4 is 5.32 Å². The predicted octanol–water partition coefficient (Wildman–Crippen LogP) is 3.74. The van der Waals surface area contributed by atoms with E-state index in [-0.39, 0.29) is 6.04 Å². The monoisotopic (exact) mass is 260 g/mol. The second kappa shape index (κ2) is 5.98. The molecule has 3 heteroatoms. The molecule has 94 valence electrons. The number of aryl methyl sites for hydroxylation is 1. The quantitative estimate of drug-likeness (QED) is 0.906. The summed E-state index contributed by atoms with van der Waals surface area (Å²) in [7, 11) is 0. The average Bonchev–Trinajstić information content (AvgIpc) is 2.38. The first-order chi connectivity index (χ1) is 8.74. The van der Waals surface area contributed by atoms with Gasteiger partial charge in [-0.05, 0) is 36.7 Å². The van der Waals surface area contributed by atoms with Gasteiger partial charge >= 0.3 is 0 Å². The molecule has 0 radical (unpaired) electrons. The molecule has 0 amide bonds. The van der Waals surface area contributed by atoms with Crippen molar-refractivity contribution in [3.8, 4) is 0 Å². The molecule has 0 aliphatic rings. The van der Waals surface area contributed by atoms with Crippen LogP contribution >= 0.6 is 11.6 Å². The molecule has 1 aromatic heterocycles. The Balaban J connectivity index is 2.47. The molecule has 18 heavy (non-hydrogen) atoms. The van der Waals surface area contributed by atoms with Crippen LogP contribution in [0.2, 0.25) is 5.02 Å². The van der Waals surface area contributed by atoms with Crippen LogP contribution in [-0.2, 0) is 0 Å². The number of pyridine rings is 1. The van der Waals surface area contributed by atoms with Gasteiger partial charge in [-0.2, -0.15) is 0 Å². The van der Waals surface area contributed by atoms with Crippen molar-refractivity contribution in [2.24, 2.45) is 0 Å². The molecule has 0 bridgehead atoms. The maximum absolute atomic E-state index is 6.25. The predicted molar refractivity (Wildman–Crippen MR) is 75.9 cm³/mol. The molecule has 0 fully saturated rings. The summed E-state index contributed by atoms with van der Waals surface area (Å²) in [4.78, 5) is 4.42. The lowest BCUT2D eigenvalue weighted by Crippen LogP contribution is -2.24. The van der Waals surface area contributed by atoms with E-state index in [0.717, 1.165) is 12.2 Å². The molecule has 1 heterocycles. The summed E-state index contributed by atoms with van der Waals surface area (Å²) in [6, 6.07) is 12.1. The van der Waals surface area contributed by atoms with Crippen molar-refractivity contribution in [1.82, 2.24) is 10.3 Å². The van der Waals surface area contributed by atoms with Crippen LogP contribution in [0, 0.1) is 6.92 Å². The van der Waals surface area contributed by atoms with Gasteiger partial charge in [-0.3, -0.25) is 4.98 Å². The van der Waals surface area contributed by atoms with E-state index in [0.29, 0.717) is 5.02 Å². The van der Waals surface area contributed by atoms with Gasteiger partial charge in [0.05, 0.1) is 16.8 Å². The molecule has 2 rings (SSSR count). The molecule has 1 aromatic carbocycles. The van der Waals surface area contributed by atoms with Crippen LogP contribution in [0.15, 0.2) is 42.6 Å². The van der Waals surface area contributed by atoms with Crippen LogP contribution in [-0.4, -0.2) is 11.5 Å². The number of aromatic nitrogens is 1. The number of rotatable bonds is 4. The molecule has 1 N–H and O–H groups in total. The van der Waals surface area contributed by atoms with Crippen LogP contribution in [0.1, 0.15) is 29.8 Å². The number of hydrogen-bond donors (Lipinski definition) is 1. The molecule has 2 nitrogen and oxygen atoms in total. The molecule has 1 unspecified atom stereocenters. The first kappa shape index (κ1) is 13.1. The van der Waals surface area contributed by atoms with E-state index < -0.39 is 0 Å². The van der Waals surface area contributed by atoms with Crippen molar-refractivity contribution in [2.75, 3.05) is 6.54 Å². The molecule has 0 aliphatic heterocycles. The largest absolute Gasteiger partial charge is 0.305 e. The Hall–Kier alpha value is -1.38. The zero-order valence-electron chi connectivity index (χ0n) is 10.7. The molecule has 0 spiro atoms. The van der Waals surface area contributed by atoms with Gasteiger partial charge in [-0.1, -0.05) is 42.8 Å². The first-order valence-corrected chi connectivity index (χ1v) is 6.51. The minimum absolute atomic E-state index is 0.0462. The van der Waals surface area contributed by atoms with Crippen LogP contribution in [0.4, 0.5) is 0 Å². The number of hydrogen-bond acceptors (Lipinski definition) is 2. The Morgan fingerprint density at radius 3 is 2.67 bits per heavy atom. The second-order valence-electron chi connectivity index (χ2n) is 4.22. The summed E-state index contributed by atoms with van der Waals surface area (Å²) < 4.78 is 0. The smallest absolute Gasteiger partial charge is 0.0804 e. The van der Waals surface area contributed by atoms with Gasteiger partial charge in [0.15, 0.2) is 0 Å². The number of halogens is 1. The molecular formula is C15H17ClN2. The molecule has 1 atom stereocenters. The van der Waals surface area contributed by atoms with Gasteiger partial charge in [-0.15, -0.1) is 0 Å². The fourth-order valence-corrected chi connectivity index (χ4v) is 2.31. The fraction of sp³-hybridized carbons (Fsp3) is 0.267. The lowest BCUT2D eigenvalue weighted by atomic mass is 9.98. The van der Waals surface area contributed by atoms with E-state index in [9.17, 15) is 0 Å². The Kier molecular flexibility index (Phi) is 4.34. The van der Waals surface area contributed by atoms with Crippen molar-refractivity contribution in [3.63, 3.8) is 0 Å². The number of nitrogens with one attached hydrogen (secondary N) is 1. The van der Waals surface area contributed by atoms with Gasteiger partial charge in [0.2, 0.25) is 0 Å². The summed E-state index contributed by atoms with van der Waals surface area (Å²) in [5.41, 5.74) is 3.35. The van der Waals surface area contributed by atoms with E-state index in [1.54, 1.807) is 6.20 Å². The number of nitrogens with zero attached hydrogens (tertiary/aromatic N) is 1. The maximum Gasteiger partial charge on any atom is 0.0804 e. The Labute approximate surface area is 113 Å².